The minimum absolute atomic E-state index is 0.0236. The Morgan fingerprint density at radius 2 is 1.82 bits per heavy atom. The van der Waals surface area contributed by atoms with Gasteiger partial charge in [-0.15, -0.1) is 0 Å². The monoisotopic (exact) mass is 476 g/mol. The van der Waals surface area contributed by atoms with Gasteiger partial charge in [0.05, 0.1) is 29.3 Å². The third kappa shape index (κ3) is 3.80. The van der Waals surface area contributed by atoms with E-state index < -0.39 is 16.0 Å². The lowest BCUT2D eigenvalue weighted by Gasteiger charge is -2.38. The van der Waals surface area contributed by atoms with Crippen molar-refractivity contribution in [3.05, 3.63) is 95.6 Å². The molecule has 0 fully saturated rings. The van der Waals surface area contributed by atoms with Gasteiger partial charge in [-0.2, -0.15) is 0 Å². The van der Waals surface area contributed by atoms with Gasteiger partial charge in [0.15, 0.2) is 0 Å². The summed E-state index contributed by atoms with van der Waals surface area (Å²) in [6, 6.07) is 18.7. The molecule has 0 spiro atoms. The standard InChI is InChI=1S/C26H24N2O5S/c1-33-24-12-5-4-11-23(24)28-34(31,32)16-13-14-22-21(15-16)17-9-6-10-18(17)25(27-22)19-7-2-3-8-20(19)26(29)30/h2-9,11-15,17-18,25,27-28H,10H2,1H3,(H,29,30)/t17?,18?,25-/m0/s1. The Morgan fingerprint density at radius 1 is 1.06 bits per heavy atom. The van der Waals surface area contributed by atoms with E-state index in [1.165, 1.54) is 7.11 Å². The van der Waals surface area contributed by atoms with E-state index in [0.717, 1.165) is 23.2 Å². The molecule has 8 heteroatoms. The Balaban J connectivity index is 1.51. The van der Waals surface area contributed by atoms with Crippen molar-refractivity contribution >= 4 is 27.4 Å². The summed E-state index contributed by atoms with van der Waals surface area (Å²) in [5.74, 6) is -0.475. The molecule has 7 nitrogen and oxygen atoms in total. The molecule has 0 saturated heterocycles. The van der Waals surface area contributed by atoms with Crippen LogP contribution in [-0.4, -0.2) is 26.6 Å². The van der Waals surface area contributed by atoms with Gasteiger partial charge in [0.25, 0.3) is 10.0 Å². The Bertz CT molecular complexity index is 1400. The SMILES string of the molecule is COc1ccccc1NS(=O)(=O)c1ccc2c(c1)C1C=CCC1[C@@H](c1ccccc1C(=O)O)N2. The number of benzene rings is 3. The summed E-state index contributed by atoms with van der Waals surface area (Å²) in [4.78, 5) is 12.0. The summed E-state index contributed by atoms with van der Waals surface area (Å²) < 4.78 is 34.3. The Morgan fingerprint density at radius 3 is 2.62 bits per heavy atom. The second kappa shape index (κ2) is 8.53. The van der Waals surface area contributed by atoms with Crippen LogP contribution in [0.4, 0.5) is 11.4 Å². The number of para-hydroxylation sites is 2. The van der Waals surface area contributed by atoms with Crippen molar-refractivity contribution in [3.8, 4) is 5.75 Å². The Kier molecular flexibility index (Phi) is 5.53. The van der Waals surface area contributed by atoms with Crippen molar-refractivity contribution in [2.75, 3.05) is 17.1 Å². The van der Waals surface area contributed by atoms with Crippen LogP contribution in [0.25, 0.3) is 0 Å². The fourth-order valence-electron chi connectivity index (χ4n) is 4.94. The minimum atomic E-state index is -3.85. The topological polar surface area (TPSA) is 105 Å². The number of carboxylic acids is 1. The molecule has 174 valence electrons. The molecule has 0 amide bonds. The van der Waals surface area contributed by atoms with Crippen molar-refractivity contribution in [3.63, 3.8) is 0 Å². The number of methoxy groups -OCH3 is 1. The molecule has 3 aromatic rings. The largest absolute Gasteiger partial charge is 0.495 e. The zero-order valence-corrected chi connectivity index (χ0v) is 19.2. The number of anilines is 2. The average Bonchev–Trinajstić information content (AvgIpc) is 3.34. The van der Waals surface area contributed by atoms with Crippen LogP contribution in [0.2, 0.25) is 0 Å². The number of sulfonamides is 1. The number of fused-ring (bicyclic) bond motifs is 3. The number of aromatic carboxylic acids is 1. The summed E-state index contributed by atoms with van der Waals surface area (Å²) in [5, 5.41) is 13.2. The van der Waals surface area contributed by atoms with E-state index in [1.54, 1.807) is 54.6 Å². The number of rotatable bonds is 6. The van der Waals surface area contributed by atoms with Crippen LogP contribution < -0.4 is 14.8 Å². The predicted molar refractivity (Wildman–Crippen MR) is 130 cm³/mol. The first kappa shape index (κ1) is 22.0. The van der Waals surface area contributed by atoms with E-state index >= 15 is 0 Å². The molecule has 0 radical (unpaired) electrons. The minimum Gasteiger partial charge on any atom is -0.495 e. The van der Waals surface area contributed by atoms with Gasteiger partial charge < -0.3 is 15.2 Å². The van der Waals surface area contributed by atoms with Crippen LogP contribution in [0.1, 0.15) is 39.9 Å². The number of hydrogen-bond donors (Lipinski definition) is 3. The number of carboxylic acid groups (broad SMARTS) is 1. The fourth-order valence-corrected chi connectivity index (χ4v) is 6.05. The molecule has 3 atom stereocenters. The number of nitrogens with one attached hydrogen (secondary N) is 2. The molecular weight excluding hydrogens is 452 g/mol. The highest BCUT2D eigenvalue weighted by Gasteiger charge is 2.39. The van der Waals surface area contributed by atoms with Gasteiger partial charge in [0, 0.05) is 11.6 Å². The van der Waals surface area contributed by atoms with Gasteiger partial charge >= 0.3 is 5.97 Å². The lowest BCUT2D eigenvalue weighted by atomic mass is 9.76. The van der Waals surface area contributed by atoms with Gasteiger partial charge in [0.2, 0.25) is 0 Å². The van der Waals surface area contributed by atoms with E-state index in [9.17, 15) is 18.3 Å². The first-order valence-corrected chi connectivity index (χ1v) is 12.4. The third-order valence-electron chi connectivity index (χ3n) is 6.52. The molecular formula is C26H24N2O5S. The van der Waals surface area contributed by atoms with E-state index in [-0.39, 0.29) is 28.3 Å². The highest BCUT2D eigenvalue weighted by molar-refractivity contribution is 7.92. The van der Waals surface area contributed by atoms with Gasteiger partial charge in [-0.25, -0.2) is 13.2 Å². The number of carbonyl (C=O) groups is 1. The van der Waals surface area contributed by atoms with Crippen molar-refractivity contribution < 1.29 is 23.1 Å². The van der Waals surface area contributed by atoms with Gasteiger partial charge in [0.1, 0.15) is 5.75 Å². The normalized spacial score (nSPS) is 20.7. The molecule has 2 unspecified atom stereocenters. The van der Waals surface area contributed by atoms with E-state index in [1.807, 2.05) is 12.1 Å². The summed E-state index contributed by atoms with van der Waals surface area (Å²) in [6.07, 6.45) is 4.94. The van der Waals surface area contributed by atoms with E-state index in [2.05, 4.69) is 22.2 Å². The van der Waals surface area contributed by atoms with Crippen molar-refractivity contribution in [2.45, 2.75) is 23.3 Å². The predicted octanol–water partition coefficient (Wildman–Crippen LogP) is 5.02. The first-order chi connectivity index (χ1) is 16.4. The number of ether oxygens (including phenoxy) is 1. The highest BCUT2D eigenvalue weighted by atomic mass is 32.2. The Labute approximate surface area is 198 Å². The smallest absolute Gasteiger partial charge is 0.336 e. The second-order valence-electron chi connectivity index (χ2n) is 8.42. The molecule has 2 aliphatic rings. The fraction of sp³-hybridized carbons (Fsp3) is 0.192. The quantitative estimate of drug-likeness (QED) is 0.432. The van der Waals surface area contributed by atoms with Crippen LogP contribution >= 0.6 is 0 Å². The molecule has 0 bridgehead atoms. The molecule has 5 rings (SSSR count). The van der Waals surface area contributed by atoms with Crippen molar-refractivity contribution in [1.82, 2.24) is 0 Å². The molecule has 3 aromatic carbocycles. The van der Waals surface area contributed by atoms with Crippen molar-refractivity contribution in [1.29, 1.82) is 0 Å². The molecule has 1 heterocycles. The van der Waals surface area contributed by atoms with Gasteiger partial charge in [-0.1, -0.05) is 42.5 Å². The molecule has 3 N–H and O–H groups in total. The molecule has 1 aliphatic heterocycles. The summed E-state index contributed by atoms with van der Waals surface area (Å²) in [5.41, 5.74) is 3.05. The van der Waals surface area contributed by atoms with Gasteiger partial charge in [-0.05, 0) is 59.9 Å². The third-order valence-corrected chi connectivity index (χ3v) is 7.89. The Hall–Kier alpha value is -3.78. The van der Waals surface area contributed by atoms with E-state index in [4.69, 9.17) is 4.74 Å². The maximum Gasteiger partial charge on any atom is 0.336 e. The van der Waals surface area contributed by atoms with E-state index in [0.29, 0.717) is 11.4 Å². The lowest BCUT2D eigenvalue weighted by Crippen LogP contribution is -2.30. The van der Waals surface area contributed by atoms with Crippen LogP contribution in [-0.2, 0) is 10.0 Å². The summed E-state index contributed by atoms with van der Waals surface area (Å²) >= 11 is 0. The lowest BCUT2D eigenvalue weighted by molar-refractivity contribution is 0.0694. The highest BCUT2D eigenvalue weighted by Crippen LogP contribution is 2.50. The second-order valence-corrected chi connectivity index (χ2v) is 10.1. The molecule has 1 aliphatic carbocycles. The van der Waals surface area contributed by atoms with Crippen LogP contribution in [0.15, 0.2) is 83.8 Å². The van der Waals surface area contributed by atoms with Crippen LogP contribution in [0, 0.1) is 5.92 Å². The van der Waals surface area contributed by atoms with Crippen LogP contribution in [0.3, 0.4) is 0 Å². The maximum atomic E-state index is 13.2. The molecule has 0 aromatic heterocycles. The average molecular weight is 477 g/mol. The number of hydrogen-bond acceptors (Lipinski definition) is 5. The maximum absolute atomic E-state index is 13.2. The van der Waals surface area contributed by atoms with Gasteiger partial charge in [-0.3, -0.25) is 4.72 Å². The van der Waals surface area contributed by atoms with Crippen LogP contribution in [0.5, 0.6) is 5.75 Å². The summed E-state index contributed by atoms with van der Waals surface area (Å²) in [7, 11) is -2.36. The zero-order chi connectivity index (χ0) is 23.9. The first-order valence-electron chi connectivity index (χ1n) is 10.9. The zero-order valence-electron chi connectivity index (χ0n) is 18.4. The molecule has 34 heavy (non-hydrogen) atoms. The molecule has 0 saturated carbocycles. The number of allylic oxidation sites excluding steroid dienone is 2. The summed E-state index contributed by atoms with van der Waals surface area (Å²) in [6.45, 7) is 0. The van der Waals surface area contributed by atoms with Crippen molar-refractivity contribution in [2.24, 2.45) is 5.92 Å².